The van der Waals surface area contributed by atoms with Crippen molar-refractivity contribution in [1.29, 1.82) is 0 Å². The van der Waals surface area contributed by atoms with Crippen molar-refractivity contribution >= 4 is 17.4 Å². The summed E-state index contributed by atoms with van der Waals surface area (Å²) < 4.78 is 15.4. The Labute approximate surface area is 127 Å². The standard InChI is InChI=1S/C16H16FN3S/c1-11(18)9-14-16(19-15-7-2-3-8-20(14)15)21-13-6-4-5-12(17)10-13/h2-8,10-11H,9,18H2,1H3. The number of pyridine rings is 1. The van der Waals surface area contributed by atoms with Crippen LogP contribution in [0.5, 0.6) is 0 Å². The number of benzene rings is 1. The number of hydrogen-bond acceptors (Lipinski definition) is 3. The molecule has 1 aromatic carbocycles. The first kappa shape index (κ1) is 14.1. The third kappa shape index (κ3) is 3.09. The molecule has 5 heteroatoms. The van der Waals surface area contributed by atoms with Crippen LogP contribution in [-0.2, 0) is 6.42 Å². The van der Waals surface area contributed by atoms with Crippen LogP contribution < -0.4 is 5.73 Å². The van der Waals surface area contributed by atoms with Crippen molar-refractivity contribution < 1.29 is 4.39 Å². The van der Waals surface area contributed by atoms with Crippen LogP contribution in [0, 0.1) is 5.82 Å². The Morgan fingerprint density at radius 2 is 2.14 bits per heavy atom. The number of imidazole rings is 1. The van der Waals surface area contributed by atoms with Gasteiger partial charge in [-0.1, -0.05) is 23.9 Å². The molecule has 21 heavy (non-hydrogen) atoms. The fourth-order valence-electron chi connectivity index (χ4n) is 2.24. The molecule has 0 radical (unpaired) electrons. The van der Waals surface area contributed by atoms with Gasteiger partial charge in [-0.25, -0.2) is 9.37 Å². The molecule has 0 aliphatic carbocycles. The van der Waals surface area contributed by atoms with Crippen molar-refractivity contribution in [3.63, 3.8) is 0 Å². The van der Waals surface area contributed by atoms with Gasteiger partial charge in [0, 0.05) is 23.6 Å². The lowest BCUT2D eigenvalue weighted by Gasteiger charge is -2.07. The summed E-state index contributed by atoms with van der Waals surface area (Å²) in [7, 11) is 0. The van der Waals surface area contributed by atoms with E-state index >= 15 is 0 Å². The van der Waals surface area contributed by atoms with E-state index in [1.165, 1.54) is 23.9 Å². The molecule has 2 aromatic heterocycles. The molecule has 3 aromatic rings. The maximum Gasteiger partial charge on any atom is 0.138 e. The molecule has 0 saturated carbocycles. The lowest BCUT2D eigenvalue weighted by atomic mass is 10.2. The second-order valence-electron chi connectivity index (χ2n) is 5.03. The van der Waals surface area contributed by atoms with E-state index in [4.69, 9.17) is 5.73 Å². The molecule has 3 rings (SSSR count). The Balaban J connectivity index is 2.04. The molecule has 0 amide bonds. The molecule has 1 atom stereocenters. The molecule has 0 aliphatic rings. The zero-order chi connectivity index (χ0) is 14.8. The van der Waals surface area contributed by atoms with E-state index in [0.717, 1.165) is 27.7 Å². The number of nitrogens with two attached hydrogens (primary N) is 1. The molecular weight excluding hydrogens is 285 g/mol. The summed E-state index contributed by atoms with van der Waals surface area (Å²) in [5.41, 5.74) is 7.90. The van der Waals surface area contributed by atoms with E-state index < -0.39 is 0 Å². The van der Waals surface area contributed by atoms with Gasteiger partial charge in [0.05, 0.1) is 5.69 Å². The Kier molecular flexibility index (Phi) is 3.94. The van der Waals surface area contributed by atoms with Gasteiger partial charge in [0.1, 0.15) is 16.5 Å². The van der Waals surface area contributed by atoms with Crippen LogP contribution >= 0.6 is 11.8 Å². The second-order valence-corrected chi connectivity index (χ2v) is 6.10. The predicted molar refractivity (Wildman–Crippen MR) is 83.1 cm³/mol. The van der Waals surface area contributed by atoms with Crippen molar-refractivity contribution in [2.24, 2.45) is 5.73 Å². The van der Waals surface area contributed by atoms with E-state index in [0.29, 0.717) is 0 Å². The predicted octanol–water partition coefficient (Wildman–Crippen LogP) is 3.51. The zero-order valence-electron chi connectivity index (χ0n) is 11.7. The first-order valence-electron chi connectivity index (χ1n) is 6.78. The average molecular weight is 301 g/mol. The highest BCUT2D eigenvalue weighted by Gasteiger charge is 2.14. The van der Waals surface area contributed by atoms with Gasteiger partial charge in [-0.2, -0.15) is 0 Å². The Morgan fingerprint density at radius 1 is 1.29 bits per heavy atom. The second kappa shape index (κ2) is 5.87. The summed E-state index contributed by atoms with van der Waals surface area (Å²) >= 11 is 1.47. The molecule has 2 heterocycles. The fraction of sp³-hybridized carbons (Fsp3) is 0.188. The van der Waals surface area contributed by atoms with Gasteiger partial charge < -0.3 is 10.1 Å². The third-order valence-corrected chi connectivity index (χ3v) is 4.13. The van der Waals surface area contributed by atoms with Gasteiger partial charge in [0.15, 0.2) is 0 Å². The number of rotatable bonds is 4. The van der Waals surface area contributed by atoms with Crippen LogP contribution in [0.2, 0.25) is 0 Å². The van der Waals surface area contributed by atoms with Crippen molar-refractivity contribution in [2.75, 3.05) is 0 Å². The molecule has 2 N–H and O–H groups in total. The van der Waals surface area contributed by atoms with E-state index in [1.807, 2.05) is 41.8 Å². The van der Waals surface area contributed by atoms with Crippen LogP contribution in [0.15, 0.2) is 58.6 Å². The quantitative estimate of drug-likeness (QED) is 0.802. The van der Waals surface area contributed by atoms with Gasteiger partial charge in [0.2, 0.25) is 0 Å². The maximum absolute atomic E-state index is 13.3. The normalized spacial score (nSPS) is 12.7. The SMILES string of the molecule is CC(N)Cc1c(Sc2cccc(F)c2)nc2ccccn12. The van der Waals surface area contributed by atoms with E-state index in [2.05, 4.69) is 4.98 Å². The summed E-state index contributed by atoms with van der Waals surface area (Å²) in [5.74, 6) is -0.238. The van der Waals surface area contributed by atoms with Crippen LogP contribution in [0.25, 0.3) is 5.65 Å². The summed E-state index contributed by atoms with van der Waals surface area (Å²) in [6.45, 7) is 1.97. The monoisotopic (exact) mass is 301 g/mol. The smallest absolute Gasteiger partial charge is 0.138 e. The van der Waals surface area contributed by atoms with Gasteiger partial charge in [-0.05, 0) is 37.3 Å². The molecule has 0 bridgehead atoms. The number of aromatic nitrogens is 2. The topological polar surface area (TPSA) is 43.3 Å². The number of hydrogen-bond donors (Lipinski definition) is 1. The number of halogens is 1. The van der Waals surface area contributed by atoms with Crippen LogP contribution in [0.3, 0.4) is 0 Å². The summed E-state index contributed by atoms with van der Waals surface area (Å²) in [6, 6.07) is 12.5. The Morgan fingerprint density at radius 3 is 2.90 bits per heavy atom. The summed E-state index contributed by atoms with van der Waals surface area (Å²) in [6.07, 6.45) is 2.71. The lowest BCUT2D eigenvalue weighted by Crippen LogP contribution is -2.19. The maximum atomic E-state index is 13.3. The van der Waals surface area contributed by atoms with E-state index in [-0.39, 0.29) is 11.9 Å². The summed E-state index contributed by atoms with van der Waals surface area (Å²) in [4.78, 5) is 5.48. The highest BCUT2D eigenvalue weighted by atomic mass is 32.2. The van der Waals surface area contributed by atoms with Crippen LogP contribution in [-0.4, -0.2) is 15.4 Å². The summed E-state index contributed by atoms with van der Waals surface area (Å²) in [5, 5.41) is 0.879. The molecule has 108 valence electrons. The molecule has 0 fully saturated rings. The molecule has 3 nitrogen and oxygen atoms in total. The number of nitrogens with zero attached hydrogens (tertiary/aromatic N) is 2. The van der Waals surface area contributed by atoms with Crippen molar-refractivity contribution in [1.82, 2.24) is 9.38 Å². The largest absolute Gasteiger partial charge is 0.328 e. The van der Waals surface area contributed by atoms with E-state index in [9.17, 15) is 4.39 Å². The van der Waals surface area contributed by atoms with Crippen molar-refractivity contribution in [2.45, 2.75) is 29.3 Å². The third-order valence-electron chi connectivity index (χ3n) is 3.12. The molecular formula is C16H16FN3S. The molecule has 1 unspecified atom stereocenters. The van der Waals surface area contributed by atoms with Crippen LogP contribution in [0.1, 0.15) is 12.6 Å². The van der Waals surface area contributed by atoms with Crippen molar-refractivity contribution in [3.05, 3.63) is 60.2 Å². The first-order valence-corrected chi connectivity index (χ1v) is 7.60. The molecule has 0 saturated heterocycles. The number of fused-ring (bicyclic) bond motifs is 1. The highest BCUT2D eigenvalue weighted by Crippen LogP contribution is 2.31. The van der Waals surface area contributed by atoms with Gasteiger partial charge in [0.25, 0.3) is 0 Å². The Bertz CT molecular complexity index is 767. The minimum Gasteiger partial charge on any atom is -0.328 e. The zero-order valence-corrected chi connectivity index (χ0v) is 12.5. The molecule has 0 aliphatic heterocycles. The fourth-order valence-corrected chi connectivity index (χ4v) is 3.22. The first-order chi connectivity index (χ1) is 10.1. The average Bonchev–Trinajstić information content (AvgIpc) is 2.76. The van der Waals surface area contributed by atoms with E-state index in [1.54, 1.807) is 6.07 Å². The van der Waals surface area contributed by atoms with Gasteiger partial charge >= 0.3 is 0 Å². The van der Waals surface area contributed by atoms with Crippen molar-refractivity contribution in [3.8, 4) is 0 Å². The lowest BCUT2D eigenvalue weighted by molar-refractivity contribution is 0.624. The Hall–Kier alpha value is -1.85. The minimum atomic E-state index is -0.238. The highest BCUT2D eigenvalue weighted by molar-refractivity contribution is 7.99. The minimum absolute atomic E-state index is 0.0389. The van der Waals surface area contributed by atoms with Gasteiger partial charge in [-0.3, -0.25) is 0 Å². The van der Waals surface area contributed by atoms with Crippen LogP contribution in [0.4, 0.5) is 4.39 Å². The van der Waals surface area contributed by atoms with Gasteiger partial charge in [-0.15, -0.1) is 0 Å². The molecule has 0 spiro atoms.